The zero-order valence-electron chi connectivity index (χ0n) is 11.1. The van der Waals surface area contributed by atoms with E-state index in [0.717, 1.165) is 16.0 Å². The molecule has 0 radical (unpaired) electrons. The van der Waals surface area contributed by atoms with E-state index in [2.05, 4.69) is 52.3 Å². The first-order chi connectivity index (χ1) is 9.15. The summed E-state index contributed by atoms with van der Waals surface area (Å²) >= 11 is 5.34. The largest absolute Gasteiger partial charge is 0.490 e. The molecule has 0 aliphatic rings. The summed E-state index contributed by atoms with van der Waals surface area (Å²) in [5.74, 6) is 1.89. The van der Waals surface area contributed by atoms with E-state index < -0.39 is 0 Å². The lowest BCUT2D eigenvalue weighted by atomic mass is 10.2. The van der Waals surface area contributed by atoms with Crippen LogP contribution in [-0.4, -0.2) is 6.10 Å². The summed E-state index contributed by atoms with van der Waals surface area (Å²) in [5.41, 5.74) is 1.33. The van der Waals surface area contributed by atoms with Crippen LogP contribution >= 0.6 is 27.7 Å². The molecule has 100 valence electrons. The van der Waals surface area contributed by atoms with Crippen molar-refractivity contribution in [1.82, 2.24) is 0 Å². The summed E-state index contributed by atoms with van der Waals surface area (Å²) in [5, 5.41) is 0. The molecule has 0 N–H and O–H groups in total. The van der Waals surface area contributed by atoms with Gasteiger partial charge in [0.25, 0.3) is 0 Å². The van der Waals surface area contributed by atoms with Gasteiger partial charge in [0.15, 0.2) is 0 Å². The Hall–Kier alpha value is -0.930. The Morgan fingerprint density at radius 1 is 1.11 bits per heavy atom. The van der Waals surface area contributed by atoms with Gasteiger partial charge < -0.3 is 4.74 Å². The Balaban J connectivity index is 2.04. The third-order valence-electron chi connectivity index (χ3n) is 2.51. The average molecular weight is 337 g/mol. The van der Waals surface area contributed by atoms with Crippen LogP contribution in [0.25, 0.3) is 0 Å². The van der Waals surface area contributed by atoms with E-state index in [1.807, 2.05) is 37.7 Å². The predicted molar refractivity (Wildman–Crippen MR) is 85.9 cm³/mol. The van der Waals surface area contributed by atoms with E-state index in [1.54, 1.807) is 0 Å². The zero-order chi connectivity index (χ0) is 13.7. The fraction of sp³-hybridized carbons (Fsp3) is 0.250. The molecule has 0 unspecified atom stereocenters. The van der Waals surface area contributed by atoms with Gasteiger partial charge in [-0.15, -0.1) is 11.8 Å². The van der Waals surface area contributed by atoms with E-state index in [1.165, 1.54) is 10.5 Å². The molecule has 0 spiro atoms. The van der Waals surface area contributed by atoms with Gasteiger partial charge >= 0.3 is 0 Å². The molecule has 0 aromatic heterocycles. The van der Waals surface area contributed by atoms with Crippen molar-refractivity contribution in [1.29, 1.82) is 0 Å². The van der Waals surface area contributed by atoms with Crippen LogP contribution in [-0.2, 0) is 5.75 Å². The maximum Gasteiger partial charge on any atom is 0.134 e. The summed E-state index contributed by atoms with van der Waals surface area (Å²) < 4.78 is 6.78. The van der Waals surface area contributed by atoms with E-state index in [4.69, 9.17) is 4.74 Å². The van der Waals surface area contributed by atoms with Crippen LogP contribution in [0, 0.1) is 0 Å². The van der Waals surface area contributed by atoms with Gasteiger partial charge in [-0.25, -0.2) is 0 Å². The predicted octanol–water partition coefficient (Wildman–Crippen LogP) is 5.53. The van der Waals surface area contributed by atoms with Crippen molar-refractivity contribution in [3.63, 3.8) is 0 Å². The van der Waals surface area contributed by atoms with Crippen molar-refractivity contribution >= 4 is 27.7 Å². The smallest absolute Gasteiger partial charge is 0.134 e. The quantitative estimate of drug-likeness (QED) is 0.664. The monoisotopic (exact) mass is 336 g/mol. The number of ether oxygens (including phenoxy) is 1. The van der Waals surface area contributed by atoms with E-state index >= 15 is 0 Å². The molecule has 0 atom stereocenters. The molecular formula is C16H17BrOS. The lowest BCUT2D eigenvalue weighted by molar-refractivity contribution is 0.240. The van der Waals surface area contributed by atoms with Crippen LogP contribution in [0.1, 0.15) is 19.4 Å². The van der Waals surface area contributed by atoms with Crippen molar-refractivity contribution in [3.05, 3.63) is 58.6 Å². The molecule has 19 heavy (non-hydrogen) atoms. The summed E-state index contributed by atoms with van der Waals surface area (Å²) in [6, 6.07) is 16.8. The average Bonchev–Trinajstić information content (AvgIpc) is 2.40. The molecule has 0 heterocycles. The lowest BCUT2D eigenvalue weighted by Crippen LogP contribution is -2.05. The van der Waals surface area contributed by atoms with Crippen molar-refractivity contribution < 1.29 is 4.74 Å². The molecule has 0 amide bonds. The molecule has 0 saturated heterocycles. The maximum absolute atomic E-state index is 5.78. The summed E-state index contributed by atoms with van der Waals surface area (Å²) in [4.78, 5) is 1.22. The standard InChI is InChI=1S/C16H17BrOS/c1-12(2)18-16-10-14(8-9-15(16)17)19-11-13-6-4-3-5-7-13/h3-10,12H,11H2,1-2H3. The molecule has 1 nitrogen and oxygen atoms in total. The van der Waals surface area contributed by atoms with Gasteiger partial charge in [0.05, 0.1) is 10.6 Å². The van der Waals surface area contributed by atoms with Crippen LogP contribution < -0.4 is 4.74 Å². The highest BCUT2D eigenvalue weighted by Gasteiger charge is 2.05. The number of thioether (sulfide) groups is 1. The first-order valence-electron chi connectivity index (χ1n) is 6.28. The molecule has 0 saturated carbocycles. The number of hydrogen-bond acceptors (Lipinski definition) is 2. The second kappa shape index (κ2) is 7.01. The Bertz CT molecular complexity index is 526. The molecule has 0 fully saturated rings. The summed E-state index contributed by atoms with van der Waals surface area (Å²) in [6.07, 6.45) is 0.186. The fourth-order valence-corrected chi connectivity index (χ4v) is 2.88. The maximum atomic E-state index is 5.78. The van der Waals surface area contributed by atoms with Crippen LogP contribution in [0.4, 0.5) is 0 Å². The Labute approximate surface area is 127 Å². The molecule has 2 aromatic carbocycles. The first kappa shape index (κ1) is 14.5. The summed E-state index contributed by atoms with van der Waals surface area (Å²) in [6.45, 7) is 4.08. The molecule has 0 aliphatic heterocycles. The van der Waals surface area contributed by atoms with E-state index in [-0.39, 0.29) is 6.10 Å². The Kier molecular flexibility index (Phi) is 5.34. The SMILES string of the molecule is CC(C)Oc1cc(SCc2ccccc2)ccc1Br. The van der Waals surface area contributed by atoms with Crippen LogP contribution in [0.15, 0.2) is 57.9 Å². The second-order valence-electron chi connectivity index (χ2n) is 4.53. The highest BCUT2D eigenvalue weighted by molar-refractivity contribution is 9.10. The normalized spacial score (nSPS) is 10.7. The van der Waals surface area contributed by atoms with Gasteiger partial charge in [0, 0.05) is 10.6 Å². The Morgan fingerprint density at radius 2 is 1.84 bits per heavy atom. The molecule has 2 rings (SSSR count). The van der Waals surface area contributed by atoms with E-state index in [0.29, 0.717) is 0 Å². The highest BCUT2D eigenvalue weighted by Crippen LogP contribution is 2.32. The van der Waals surface area contributed by atoms with Gasteiger partial charge in [-0.3, -0.25) is 0 Å². The van der Waals surface area contributed by atoms with Gasteiger partial charge in [-0.05, 0) is 53.5 Å². The van der Waals surface area contributed by atoms with Gasteiger partial charge in [-0.1, -0.05) is 30.3 Å². The molecule has 2 aromatic rings. The molecular weight excluding hydrogens is 320 g/mol. The van der Waals surface area contributed by atoms with Gasteiger partial charge in [-0.2, -0.15) is 0 Å². The number of halogens is 1. The number of rotatable bonds is 5. The van der Waals surface area contributed by atoms with Crippen molar-refractivity contribution in [2.75, 3.05) is 0 Å². The molecule has 3 heteroatoms. The first-order valence-corrected chi connectivity index (χ1v) is 8.06. The van der Waals surface area contributed by atoms with Crippen LogP contribution in [0.5, 0.6) is 5.75 Å². The number of benzene rings is 2. The van der Waals surface area contributed by atoms with E-state index in [9.17, 15) is 0 Å². The minimum atomic E-state index is 0.186. The molecule has 0 bridgehead atoms. The minimum Gasteiger partial charge on any atom is -0.490 e. The van der Waals surface area contributed by atoms with Crippen molar-refractivity contribution in [2.24, 2.45) is 0 Å². The third kappa shape index (κ3) is 4.59. The fourth-order valence-electron chi connectivity index (χ4n) is 1.66. The lowest BCUT2D eigenvalue weighted by Gasteiger charge is -2.12. The van der Waals surface area contributed by atoms with Crippen molar-refractivity contribution in [2.45, 2.75) is 30.6 Å². The third-order valence-corrected chi connectivity index (χ3v) is 4.23. The molecule has 0 aliphatic carbocycles. The highest BCUT2D eigenvalue weighted by atomic mass is 79.9. The zero-order valence-corrected chi connectivity index (χ0v) is 13.5. The van der Waals surface area contributed by atoms with Crippen LogP contribution in [0.2, 0.25) is 0 Å². The van der Waals surface area contributed by atoms with Crippen LogP contribution in [0.3, 0.4) is 0 Å². The topological polar surface area (TPSA) is 9.23 Å². The van der Waals surface area contributed by atoms with Gasteiger partial charge in [0.2, 0.25) is 0 Å². The van der Waals surface area contributed by atoms with Gasteiger partial charge in [0.1, 0.15) is 5.75 Å². The minimum absolute atomic E-state index is 0.186. The van der Waals surface area contributed by atoms with Crippen molar-refractivity contribution in [3.8, 4) is 5.75 Å². The number of hydrogen-bond donors (Lipinski definition) is 0. The summed E-state index contributed by atoms with van der Waals surface area (Å²) in [7, 11) is 0. The Morgan fingerprint density at radius 3 is 2.53 bits per heavy atom. The second-order valence-corrected chi connectivity index (χ2v) is 6.44.